The minimum Gasteiger partial charge on any atom is -0.355 e. The molecule has 242 valence electrons. The Morgan fingerprint density at radius 2 is 0.588 bits per heavy atom. The van der Waals surface area contributed by atoms with Gasteiger partial charge in [0.1, 0.15) is 0 Å². The highest BCUT2D eigenvalue weighted by Crippen LogP contribution is 2.32. The summed E-state index contributed by atoms with van der Waals surface area (Å²) in [5.74, 6) is 0. The molecule has 0 aliphatic carbocycles. The lowest BCUT2D eigenvalue weighted by atomic mass is 10.1. The van der Waals surface area contributed by atoms with E-state index in [-0.39, 0.29) is 0 Å². The molecule has 0 unspecified atom stereocenters. The van der Waals surface area contributed by atoms with Gasteiger partial charge in [0.05, 0.1) is 0 Å². The van der Waals surface area contributed by atoms with Crippen LogP contribution in [0.2, 0.25) is 0 Å². The average molecular weight is 684 g/mol. The van der Waals surface area contributed by atoms with Gasteiger partial charge < -0.3 is 4.23 Å². The highest BCUT2D eigenvalue weighted by Gasteiger charge is 2.45. The van der Waals surface area contributed by atoms with Crippen molar-refractivity contribution >= 4 is 74.4 Å². The molecule has 3 heteroatoms. The fraction of sp³-hybridized carbons (Fsp3) is 0. The van der Waals surface area contributed by atoms with Gasteiger partial charge in [-0.2, -0.15) is 0 Å². The van der Waals surface area contributed by atoms with Gasteiger partial charge in [-0.25, -0.2) is 0 Å². The summed E-state index contributed by atoms with van der Waals surface area (Å²) in [5.41, 5.74) is 2.53. The van der Waals surface area contributed by atoms with E-state index in [1.165, 1.54) is 58.1 Å². The van der Waals surface area contributed by atoms with Crippen LogP contribution in [0.4, 0.5) is 0 Å². The average Bonchev–Trinajstić information content (AvgIpc) is 3.55. The van der Waals surface area contributed by atoms with Crippen LogP contribution in [-0.4, -0.2) is 20.5 Å². The lowest BCUT2D eigenvalue weighted by Gasteiger charge is -2.37. The van der Waals surface area contributed by atoms with E-state index in [1.54, 1.807) is 0 Å². The fourth-order valence-electron chi connectivity index (χ4n) is 8.56. The van der Waals surface area contributed by atoms with Gasteiger partial charge in [-0.15, -0.1) is 0 Å². The SMILES string of the molecule is c1ccc([Si](c2ccccc2)(c2ccccc2)c2ccc3c(c2)c2ccccc2n3[Si](c2ccccc2)(c2ccccc2)c2ccccc2)cc1. The maximum Gasteiger partial charge on any atom is 0.257 e. The first-order valence-corrected chi connectivity index (χ1v) is 21.6. The zero-order valence-corrected chi connectivity index (χ0v) is 30.3. The quantitative estimate of drug-likeness (QED) is 0.124. The number of aromatic nitrogens is 1. The van der Waals surface area contributed by atoms with Crippen molar-refractivity contribution in [3.05, 3.63) is 224 Å². The third-order valence-electron chi connectivity index (χ3n) is 10.6. The van der Waals surface area contributed by atoms with Gasteiger partial charge >= 0.3 is 0 Å². The number of hydrogen-bond donors (Lipinski definition) is 0. The van der Waals surface area contributed by atoms with Crippen molar-refractivity contribution in [2.75, 3.05) is 0 Å². The van der Waals surface area contributed by atoms with E-state index < -0.39 is 16.3 Å². The second-order valence-corrected chi connectivity index (χ2v) is 20.7. The maximum atomic E-state index is 2.75. The molecular weight excluding hydrogens is 647 g/mol. The normalized spacial score (nSPS) is 11.9. The molecule has 51 heavy (non-hydrogen) atoms. The van der Waals surface area contributed by atoms with Crippen LogP contribution in [0.3, 0.4) is 0 Å². The van der Waals surface area contributed by atoms with E-state index in [2.05, 4.69) is 229 Å². The molecular formula is C48H37NSi2. The van der Waals surface area contributed by atoms with Crippen molar-refractivity contribution in [3.8, 4) is 0 Å². The molecule has 0 saturated heterocycles. The highest BCUT2D eigenvalue weighted by molar-refractivity contribution is 7.20. The lowest BCUT2D eigenvalue weighted by Crippen LogP contribution is -2.74. The number of nitrogens with zero attached hydrogens (tertiary/aromatic N) is 1. The Morgan fingerprint density at radius 3 is 1.00 bits per heavy atom. The first kappa shape index (κ1) is 31.0. The van der Waals surface area contributed by atoms with Crippen molar-refractivity contribution in [3.63, 3.8) is 0 Å². The predicted octanol–water partition coefficient (Wildman–Crippen LogP) is 6.69. The predicted molar refractivity (Wildman–Crippen MR) is 222 cm³/mol. The minimum absolute atomic E-state index is 1.26. The third kappa shape index (κ3) is 4.89. The summed E-state index contributed by atoms with van der Waals surface area (Å²) >= 11 is 0. The summed E-state index contributed by atoms with van der Waals surface area (Å²) in [7, 11) is -5.63. The molecule has 0 amide bonds. The van der Waals surface area contributed by atoms with Crippen molar-refractivity contribution < 1.29 is 0 Å². The Morgan fingerprint density at radius 1 is 0.255 bits per heavy atom. The van der Waals surface area contributed by atoms with Crippen molar-refractivity contribution in [1.29, 1.82) is 0 Å². The van der Waals surface area contributed by atoms with Gasteiger partial charge in [0.25, 0.3) is 8.24 Å². The molecule has 0 spiro atoms. The summed E-state index contributed by atoms with van der Waals surface area (Å²) < 4.78 is 2.75. The van der Waals surface area contributed by atoms with Crippen LogP contribution < -0.4 is 36.3 Å². The Balaban J connectivity index is 1.44. The topological polar surface area (TPSA) is 4.93 Å². The number of rotatable bonds is 8. The Kier molecular flexibility index (Phi) is 7.92. The summed E-state index contributed by atoms with van der Waals surface area (Å²) in [4.78, 5) is 0. The minimum atomic E-state index is -2.90. The molecule has 9 aromatic rings. The number of para-hydroxylation sites is 1. The molecule has 0 saturated carbocycles. The van der Waals surface area contributed by atoms with E-state index >= 15 is 0 Å². The molecule has 0 bridgehead atoms. The van der Waals surface area contributed by atoms with Crippen LogP contribution >= 0.6 is 0 Å². The zero-order valence-electron chi connectivity index (χ0n) is 28.3. The number of hydrogen-bond acceptors (Lipinski definition) is 0. The standard InChI is InChI=1S/C48H37NSi2/c1-7-21-38(22-8-1)50(39-23-9-2-10-24-39,40-25-11-3-12-26-40)44-35-36-48-46(37-44)45-33-19-20-34-47(45)49(48)51(41-27-13-4-14-28-41,42-29-15-5-16-30-42)43-31-17-6-18-32-43/h1-37H. The van der Waals surface area contributed by atoms with Crippen LogP contribution in [0.5, 0.6) is 0 Å². The summed E-state index contributed by atoms with van der Waals surface area (Å²) in [6, 6.07) is 83.9. The largest absolute Gasteiger partial charge is 0.355 e. The molecule has 0 aliphatic rings. The van der Waals surface area contributed by atoms with Gasteiger partial charge in [-0.1, -0.05) is 212 Å². The van der Waals surface area contributed by atoms with Crippen LogP contribution in [-0.2, 0) is 0 Å². The van der Waals surface area contributed by atoms with E-state index in [1.807, 2.05) is 0 Å². The van der Waals surface area contributed by atoms with Gasteiger partial charge in [0.2, 0.25) is 0 Å². The lowest BCUT2D eigenvalue weighted by molar-refractivity contribution is 1.30. The monoisotopic (exact) mass is 683 g/mol. The molecule has 0 fully saturated rings. The van der Waals surface area contributed by atoms with Crippen LogP contribution in [0.1, 0.15) is 0 Å². The van der Waals surface area contributed by atoms with Crippen molar-refractivity contribution in [1.82, 2.24) is 4.23 Å². The molecule has 1 heterocycles. The van der Waals surface area contributed by atoms with Gasteiger partial charge in [-0.05, 0) is 48.4 Å². The maximum absolute atomic E-state index is 2.90. The Bertz CT molecular complexity index is 2360. The van der Waals surface area contributed by atoms with Crippen molar-refractivity contribution in [2.24, 2.45) is 0 Å². The molecule has 9 rings (SSSR count). The first-order chi connectivity index (χ1) is 25.3. The number of benzene rings is 8. The molecule has 0 N–H and O–H groups in total. The van der Waals surface area contributed by atoms with Crippen molar-refractivity contribution in [2.45, 2.75) is 0 Å². The first-order valence-electron chi connectivity index (χ1n) is 17.7. The molecule has 1 nitrogen and oxygen atoms in total. The van der Waals surface area contributed by atoms with Crippen LogP contribution in [0, 0.1) is 0 Å². The summed E-state index contributed by atoms with van der Waals surface area (Å²) in [5, 5.41) is 12.2. The van der Waals surface area contributed by atoms with Gasteiger partial charge in [-0.3, -0.25) is 0 Å². The van der Waals surface area contributed by atoms with Gasteiger partial charge in [0.15, 0.2) is 8.07 Å². The molecule has 0 atom stereocenters. The van der Waals surface area contributed by atoms with Crippen LogP contribution in [0.15, 0.2) is 224 Å². The molecule has 1 aromatic heterocycles. The highest BCUT2D eigenvalue weighted by atomic mass is 28.3. The molecule has 8 aromatic carbocycles. The van der Waals surface area contributed by atoms with Gasteiger partial charge in [0, 0.05) is 21.8 Å². The second-order valence-electron chi connectivity index (χ2n) is 13.2. The van der Waals surface area contributed by atoms with E-state index in [9.17, 15) is 0 Å². The van der Waals surface area contributed by atoms with E-state index in [4.69, 9.17) is 0 Å². The second kappa shape index (κ2) is 13.0. The third-order valence-corrected chi connectivity index (χ3v) is 20.1. The molecule has 0 radical (unpaired) electrons. The fourth-order valence-corrected chi connectivity index (χ4v) is 18.2. The molecule has 0 aliphatic heterocycles. The summed E-state index contributed by atoms with van der Waals surface area (Å²) in [6.45, 7) is 0. The smallest absolute Gasteiger partial charge is 0.257 e. The van der Waals surface area contributed by atoms with Crippen LogP contribution in [0.25, 0.3) is 21.8 Å². The summed E-state index contributed by atoms with van der Waals surface area (Å²) in [6.07, 6.45) is 0. The Hall–Kier alpha value is -6.01. The Labute approximate surface area is 301 Å². The van der Waals surface area contributed by atoms with E-state index in [0.29, 0.717) is 0 Å². The van der Waals surface area contributed by atoms with E-state index in [0.717, 1.165) is 0 Å². The zero-order chi connectivity index (χ0) is 34.1. The number of fused-ring (bicyclic) bond motifs is 3.